The quantitative estimate of drug-likeness (QED) is 0.186. The summed E-state index contributed by atoms with van der Waals surface area (Å²) in [6.07, 6.45) is 19.0. The van der Waals surface area contributed by atoms with Gasteiger partial charge in [0.05, 0.1) is 11.4 Å². The van der Waals surface area contributed by atoms with Crippen molar-refractivity contribution in [2.75, 3.05) is 13.1 Å². The fourth-order valence-corrected chi connectivity index (χ4v) is 5.55. The highest BCUT2D eigenvalue weighted by Crippen LogP contribution is 2.33. The molecule has 0 saturated heterocycles. The molecule has 39 heavy (non-hydrogen) atoms. The lowest BCUT2D eigenvalue weighted by Gasteiger charge is -2.12. The Bertz CT molecular complexity index is 1670. The van der Waals surface area contributed by atoms with Gasteiger partial charge in [0.1, 0.15) is 5.65 Å². The molecule has 0 amide bonds. The van der Waals surface area contributed by atoms with Gasteiger partial charge in [0.25, 0.3) is 0 Å². The van der Waals surface area contributed by atoms with Crippen LogP contribution in [-0.4, -0.2) is 43.2 Å². The van der Waals surface area contributed by atoms with Crippen LogP contribution in [0.4, 0.5) is 0 Å². The predicted molar refractivity (Wildman–Crippen MR) is 159 cm³/mol. The molecule has 6 rings (SSSR count). The lowest BCUT2D eigenvalue weighted by atomic mass is 10.0. The van der Waals surface area contributed by atoms with Crippen molar-refractivity contribution < 1.29 is 0 Å². The van der Waals surface area contributed by atoms with Gasteiger partial charge in [-0.25, -0.2) is 9.97 Å². The minimum atomic E-state index is 0.675. The van der Waals surface area contributed by atoms with Gasteiger partial charge in [-0.05, 0) is 73.2 Å². The molecule has 1 aliphatic carbocycles. The van der Waals surface area contributed by atoms with Gasteiger partial charge >= 0.3 is 0 Å². The Kier molecular flexibility index (Phi) is 7.15. The minimum absolute atomic E-state index is 0.675. The van der Waals surface area contributed by atoms with Gasteiger partial charge in [-0.15, -0.1) is 0 Å². The number of nitrogens with one attached hydrogen (secondary N) is 3. The number of aromatic nitrogens is 6. The van der Waals surface area contributed by atoms with Crippen LogP contribution >= 0.6 is 0 Å². The van der Waals surface area contributed by atoms with Crippen LogP contribution in [0.3, 0.4) is 0 Å². The van der Waals surface area contributed by atoms with E-state index in [-0.39, 0.29) is 0 Å². The Hall–Kier alpha value is -4.36. The molecule has 0 atom stereocenters. The maximum Gasteiger partial charge on any atom is 0.181 e. The highest BCUT2D eigenvalue weighted by atomic mass is 15.2. The molecule has 0 unspecified atom stereocenters. The fourth-order valence-electron chi connectivity index (χ4n) is 5.55. The highest BCUT2D eigenvalue weighted by Gasteiger charge is 2.16. The Morgan fingerprint density at radius 1 is 1.10 bits per heavy atom. The molecular formula is C32H33N7. The van der Waals surface area contributed by atoms with Crippen LogP contribution in [0.25, 0.3) is 50.2 Å². The third kappa shape index (κ3) is 5.18. The maximum atomic E-state index is 4.67. The van der Waals surface area contributed by atoms with Crippen molar-refractivity contribution >= 4 is 27.6 Å². The predicted octanol–water partition coefficient (Wildman–Crippen LogP) is 6.86. The van der Waals surface area contributed by atoms with Crippen LogP contribution in [0, 0.1) is 5.92 Å². The second-order valence-electron chi connectivity index (χ2n) is 10.2. The van der Waals surface area contributed by atoms with E-state index in [1.165, 1.54) is 31.3 Å². The summed E-state index contributed by atoms with van der Waals surface area (Å²) in [6, 6.07) is 10.3. The van der Waals surface area contributed by atoms with Crippen LogP contribution in [0.15, 0.2) is 85.5 Å². The second kappa shape index (κ2) is 11.2. The van der Waals surface area contributed by atoms with Crippen molar-refractivity contribution in [2.45, 2.75) is 32.6 Å². The Morgan fingerprint density at radius 2 is 2.00 bits per heavy atom. The smallest absolute Gasteiger partial charge is 0.181 e. The summed E-state index contributed by atoms with van der Waals surface area (Å²) in [7, 11) is 0. The van der Waals surface area contributed by atoms with Crippen LogP contribution in [0.5, 0.6) is 0 Å². The summed E-state index contributed by atoms with van der Waals surface area (Å²) < 4.78 is 0. The summed E-state index contributed by atoms with van der Waals surface area (Å²) in [6.45, 7) is 8.00. The van der Waals surface area contributed by atoms with E-state index in [0.717, 1.165) is 69.1 Å². The lowest BCUT2D eigenvalue weighted by molar-refractivity contribution is 0.503. The zero-order valence-corrected chi connectivity index (χ0v) is 22.2. The maximum absolute atomic E-state index is 4.67. The molecule has 3 N–H and O–H groups in total. The molecule has 0 radical (unpaired) electrons. The van der Waals surface area contributed by atoms with E-state index in [1.54, 1.807) is 6.20 Å². The molecule has 5 aromatic heterocycles. The van der Waals surface area contributed by atoms with Gasteiger partial charge in [0.15, 0.2) is 5.65 Å². The first-order valence-corrected chi connectivity index (χ1v) is 13.7. The largest absolute Gasteiger partial charge is 0.338 e. The van der Waals surface area contributed by atoms with E-state index in [0.29, 0.717) is 5.65 Å². The minimum Gasteiger partial charge on any atom is -0.338 e. The van der Waals surface area contributed by atoms with Crippen LogP contribution in [0.1, 0.15) is 38.2 Å². The van der Waals surface area contributed by atoms with E-state index in [4.69, 9.17) is 0 Å². The molecular weight excluding hydrogens is 482 g/mol. The van der Waals surface area contributed by atoms with Gasteiger partial charge in [-0.1, -0.05) is 43.7 Å². The number of rotatable bonds is 9. The Balaban J connectivity index is 1.30. The molecule has 0 aliphatic heterocycles. The van der Waals surface area contributed by atoms with Gasteiger partial charge < -0.3 is 10.3 Å². The molecule has 1 fully saturated rings. The van der Waals surface area contributed by atoms with Crippen molar-refractivity contribution in [1.29, 1.82) is 0 Å². The van der Waals surface area contributed by atoms with E-state index in [2.05, 4.69) is 79.3 Å². The molecule has 0 aromatic carbocycles. The van der Waals surface area contributed by atoms with E-state index < -0.39 is 0 Å². The van der Waals surface area contributed by atoms with Gasteiger partial charge in [0.2, 0.25) is 0 Å². The SMILES string of the molecule is C=C/C(=C\C(=C/C)c1cnc2n[nH]c(-c3cc4c(-c5cccnc5)ccnc4[nH]3)c2c1)CNCC1CCCC1. The van der Waals surface area contributed by atoms with Crippen molar-refractivity contribution in [3.05, 3.63) is 91.1 Å². The molecule has 196 valence electrons. The number of allylic oxidation sites excluding steroid dienone is 3. The monoisotopic (exact) mass is 515 g/mol. The summed E-state index contributed by atoms with van der Waals surface area (Å²) in [5.74, 6) is 0.809. The number of nitrogens with zero attached hydrogens (tertiary/aromatic N) is 4. The molecule has 7 nitrogen and oxygen atoms in total. The van der Waals surface area contributed by atoms with Crippen LogP contribution < -0.4 is 5.32 Å². The number of hydrogen-bond donors (Lipinski definition) is 3. The molecule has 7 heteroatoms. The molecule has 0 spiro atoms. The zero-order valence-electron chi connectivity index (χ0n) is 22.2. The van der Waals surface area contributed by atoms with E-state index in [9.17, 15) is 0 Å². The Labute approximate surface area is 228 Å². The number of aromatic amines is 2. The Morgan fingerprint density at radius 3 is 2.79 bits per heavy atom. The topological polar surface area (TPSA) is 95.2 Å². The van der Waals surface area contributed by atoms with E-state index in [1.807, 2.05) is 36.8 Å². The van der Waals surface area contributed by atoms with Crippen LogP contribution in [-0.2, 0) is 0 Å². The van der Waals surface area contributed by atoms with Crippen LogP contribution in [0.2, 0.25) is 0 Å². The van der Waals surface area contributed by atoms with Crippen molar-refractivity contribution in [3.63, 3.8) is 0 Å². The van der Waals surface area contributed by atoms with Crippen molar-refractivity contribution in [3.8, 4) is 22.5 Å². The lowest BCUT2D eigenvalue weighted by Crippen LogP contribution is -2.23. The fraction of sp³-hybridized carbons (Fsp3) is 0.250. The molecule has 5 aromatic rings. The summed E-state index contributed by atoms with van der Waals surface area (Å²) in [5.41, 5.74) is 8.72. The van der Waals surface area contributed by atoms with Crippen molar-refractivity contribution in [1.82, 2.24) is 35.5 Å². The molecule has 1 saturated carbocycles. The van der Waals surface area contributed by atoms with Gasteiger partial charge in [-0.2, -0.15) is 5.10 Å². The normalized spacial score (nSPS) is 15.0. The highest BCUT2D eigenvalue weighted by molar-refractivity contribution is 5.99. The first kappa shape index (κ1) is 24.9. The summed E-state index contributed by atoms with van der Waals surface area (Å²) in [5, 5.41) is 13.3. The molecule has 1 aliphatic rings. The summed E-state index contributed by atoms with van der Waals surface area (Å²) in [4.78, 5) is 17.0. The average Bonchev–Trinajstić information content (AvgIpc) is 3.74. The first-order chi connectivity index (χ1) is 19.2. The number of fused-ring (bicyclic) bond motifs is 2. The number of H-pyrrole nitrogens is 2. The average molecular weight is 516 g/mol. The van der Waals surface area contributed by atoms with E-state index >= 15 is 0 Å². The second-order valence-corrected chi connectivity index (χ2v) is 10.2. The third-order valence-corrected chi connectivity index (χ3v) is 7.67. The van der Waals surface area contributed by atoms with Crippen molar-refractivity contribution in [2.24, 2.45) is 5.92 Å². The van der Waals surface area contributed by atoms with Gasteiger partial charge in [0, 0.05) is 53.2 Å². The standard InChI is InChI=1S/C32H33N7/c1-3-21(17-34-18-22-8-5-6-9-22)14-23(4-2)25-15-28-30(38-39-32(28)36-20-25)29-16-27-26(11-13-35-31(27)37-29)24-10-7-12-33-19-24/h3-4,7,10-16,19-20,22,34H,1,5-6,8-9,17-18H2,2H3,(H,35,37)(H,36,38,39)/b21-14+,23-4+. The number of hydrogen-bond acceptors (Lipinski definition) is 5. The molecule has 5 heterocycles. The molecule has 0 bridgehead atoms. The zero-order chi connectivity index (χ0) is 26.6. The van der Waals surface area contributed by atoms with Gasteiger partial charge in [-0.3, -0.25) is 10.1 Å². The number of pyridine rings is 3. The third-order valence-electron chi connectivity index (χ3n) is 7.67. The first-order valence-electron chi connectivity index (χ1n) is 13.7. The summed E-state index contributed by atoms with van der Waals surface area (Å²) >= 11 is 0.